The number of hydrogen-bond donors (Lipinski definition) is 1. The van der Waals surface area contributed by atoms with E-state index >= 15 is 0 Å². The van der Waals surface area contributed by atoms with Crippen LogP contribution in [0.15, 0.2) is 52.0 Å². The Labute approximate surface area is 214 Å². The summed E-state index contributed by atoms with van der Waals surface area (Å²) in [6.45, 7) is 8.39. The molecule has 0 bridgehead atoms. The lowest BCUT2D eigenvalue weighted by Crippen LogP contribution is -2.25. The molecule has 1 N–H and O–H groups in total. The number of aryl methyl sites for hydroxylation is 3. The van der Waals surface area contributed by atoms with Gasteiger partial charge in [-0.05, 0) is 58.0 Å². The second kappa shape index (κ2) is 9.15. The molecule has 5 aromatic rings. The molecule has 4 aromatic heterocycles. The Kier molecular flexibility index (Phi) is 5.79. The summed E-state index contributed by atoms with van der Waals surface area (Å²) in [6, 6.07) is 9.54. The van der Waals surface area contributed by atoms with Crippen molar-refractivity contribution >= 4 is 21.9 Å². The van der Waals surface area contributed by atoms with Crippen molar-refractivity contribution in [3.63, 3.8) is 0 Å². The van der Waals surface area contributed by atoms with E-state index in [-0.39, 0.29) is 11.7 Å². The molecule has 37 heavy (non-hydrogen) atoms. The summed E-state index contributed by atoms with van der Waals surface area (Å²) in [5.41, 5.74) is 5.65. The fourth-order valence-corrected chi connectivity index (χ4v) is 5.41. The molecule has 1 aromatic carbocycles. The first-order valence-corrected chi connectivity index (χ1v) is 12.7. The van der Waals surface area contributed by atoms with E-state index < -0.39 is 0 Å². The van der Waals surface area contributed by atoms with Crippen LogP contribution in [-0.4, -0.2) is 44.0 Å². The highest BCUT2D eigenvalue weighted by molar-refractivity contribution is 6.05. The third-order valence-electron chi connectivity index (χ3n) is 7.46. The molecular weight excluding hydrogens is 468 g/mol. The largest absolute Gasteiger partial charge is 0.493 e. The first kappa shape index (κ1) is 23.4. The maximum atomic E-state index is 13.5. The zero-order chi connectivity index (χ0) is 25.7. The van der Waals surface area contributed by atoms with Crippen LogP contribution in [0.25, 0.3) is 33.1 Å². The first-order valence-electron chi connectivity index (χ1n) is 12.7. The number of aromatic nitrogens is 5. The van der Waals surface area contributed by atoms with Gasteiger partial charge < -0.3 is 14.6 Å². The van der Waals surface area contributed by atoms with Gasteiger partial charge in [0.2, 0.25) is 0 Å². The second-order valence-electron chi connectivity index (χ2n) is 9.87. The lowest BCUT2D eigenvalue weighted by atomic mass is 10.00. The number of imidazole rings is 1. The highest BCUT2D eigenvalue weighted by Gasteiger charge is 2.24. The van der Waals surface area contributed by atoms with Crippen molar-refractivity contribution in [1.82, 2.24) is 29.6 Å². The van der Waals surface area contributed by atoms with Gasteiger partial charge in [0, 0.05) is 36.7 Å². The Morgan fingerprint density at radius 1 is 1.24 bits per heavy atom. The smallest absolute Gasteiger partial charge is 0.329 e. The van der Waals surface area contributed by atoms with E-state index in [2.05, 4.69) is 15.5 Å². The van der Waals surface area contributed by atoms with Crippen LogP contribution in [-0.2, 0) is 7.05 Å². The third-order valence-corrected chi connectivity index (χ3v) is 7.46. The van der Waals surface area contributed by atoms with Gasteiger partial charge in [0.1, 0.15) is 11.5 Å². The van der Waals surface area contributed by atoms with Gasteiger partial charge in [-0.1, -0.05) is 11.2 Å². The first-order chi connectivity index (χ1) is 17.9. The molecule has 1 saturated heterocycles. The molecule has 0 saturated carbocycles. The zero-order valence-electron chi connectivity index (χ0n) is 21.5. The molecule has 1 aliphatic heterocycles. The summed E-state index contributed by atoms with van der Waals surface area (Å²) in [7, 11) is 1.78. The summed E-state index contributed by atoms with van der Waals surface area (Å²) < 4.78 is 15.4. The van der Waals surface area contributed by atoms with Crippen molar-refractivity contribution in [2.45, 2.75) is 33.2 Å². The summed E-state index contributed by atoms with van der Waals surface area (Å²) >= 11 is 0. The van der Waals surface area contributed by atoms with E-state index in [0.717, 1.165) is 75.5 Å². The predicted molar refractivity (Wildman–Crippen MR) is 142 cm³/mol. The van der Waals surface area contributed by atoms with Gasteiger partial charge in [-0.25, -0.2) is 4.79 Å². The van der Waals surface area contributed by atoms with E-state index in [0.29, 0.717) is 12.5 Å². The third kappa shape index (κ3) is 3.90. The molecule has 9 nitrogen and oxygen atoms in total. The average Bonchev–Trinajstić information content (AvgIpc) is 3.62. The standard InChI is InChI=1S/C28H30N6O3/c1-16-26(18(3)37-32-16)21-11-23-20(12-25(21)36-15-19-8-10-29-13-19)27-24(14-31-23)33(4)28(35)34(27)17(2)22-7-5-6-9-30-22/h5-7,9,11-12,14,17,19,29H,8,10,13,15H2,1-4H3/t17?,19-/m0/s1. The zero-order valence-corrected chi connectivity index (χ0v) is 21.5. The molecule has 0 spiro atoms. The van der Waals surface area contributed by atoms with Crippen molar-refractivity contribution in [2.24, 2.45) is 13.0 Å². The Hall–Kier alpha value is -3.98. The van der Waals surface area contributed by atoms with Crippen LogP contribution in [0.4, 0.5) is 0 Å². The predicted octanol–water partition coefficient (Wildman–Crippen LogP) is 4.15. The van der Waals surface area contributed by atoms with Gasteiger partial charge in [-0.2, -0.15) is 0 Å². The summed E-state index contributed by atoms with van der Waals surface area (Å²) in [5, 5.41) is 8.43. The minimum atomic E-state index is -0.265. The molecule has 1 fully saturated rings. The highest BCUT2D eigenvalue weighted by atomic mass is 16.5. The quantitative estimate of drug-likeness (QED) is 0.375. The van der Waals surface area contributed by atoms with Crippen LogP contribution in [0, 0.1) is 19.8 Å². The monoisotopic (exact) mass is 498 g/mol. The lowest BCUT2D eigenvalue weighted by molar-refractivity contribution is 0.261. The second-order valence-corrected chi connectivity index (χ2v) is 9.87. The van der Waals surface area contributed by atoms with Gasteiger partial charge in [0.25, 0.3) is 0 Å². The molecule has 0 radical (unpaired) electrons. The molecule has 0 aliphatic carbocycles. The topological polar surface area (TPSA) is 100 Å². The summed E-state index contributed by atoms with van der Waals surface area (Å²) in [6.07, 6.45) is 4.60. The Morgan fingerprint density at radius 3 is 2.81 bits per heavy atom. The van der Waals surface area contributed by atoms with Crippen LogP contribution < -0.4 is 15.7 Å². The number of ether oxygens (including phenoxy) is 1. The van der Waals surface area contributed by atoms with E-state index in [4.69, 9.17) is 14.2 Å². The fourth-order valence-electron chi connectivity index (χ4n) is 5.41. The van der Waals surface area contributed by atoms with E-state index in [9.17, 15) is 4.79 Å². The molecule has 6 rings (SSSR count). The molecule has 1 aliphatic rings. The van der Waals surface area contributed by atoms with Crippen LogP contribution in [0.1, 0.15) is 36.5 Å². The molecule has 190 valence electrons. The molecular formula is C28H30N6O3. The lowest BCUT2D eigenvalue weighted by Gasteiger charge is -2.17. The summed E-state index contributed by atoms with van der Waals surface area (Å²) in [5.74, 6) is 1.91. The van der Waals surface area contributed by atoms with E-state index in [1.165, 1.54) is 0 Å². The van der Waals surface area contributed by atoms with Gasteiger partial charge in [-0.3, -0.25) is 19.1 Å². The van der Waals surface area contributed by atoms with Crippen LogP contribution in [0.2, 0.25) is 0 Å². The average molecular weight is 499 g/mol. The molecule has 1 unspecified atom stereocenters. The number of hydrogen-bond acceptors (Lipinski definition) is 7. The van der Waals surface area contributed by atoms with E-state index in [1.807, 2.05) is 55.7 Å². The number of benzene rings is 1. The van der Waals surface area contributed by atoms with Crippen molar-refractivity contribution in [1.29, 1.82) is 0 Å². The van der Waals surface area contributed by atoms with Crippen molar-refractivity contribution in [3.8, 4) is 16.9 Å². The molecule has 5 heterocycles. The minimum Gasteiger partial charge on any atom is -0.493 e. The molecule has 9 heteroatoms. The molecule has 2 atom stereocenters. The van der Waals surface area contributed by atoms with Crippen molar-refractivity contribution in [3.05, 3.63) is 70.4 Å². The Bertz CT molecular complexity index is 1640. The van der Waals surface area contributed by atoms with Gasteiger partial charge in [-0.15, -0.1) is 0 Å². The fraction of sp³-hybridized carbons (Fsp3) is 0.357. The number of fused-ring (bicyclic) bond motifs is 3. The van der Waals surface area contributed by atoms with Crippen molar-refractivity contribution < 1.29 is 9.26 Å². The van der Waals surface area contributed by atoms with Crippen LogP contribution in [0.5, 0.6) is 5.75 Å². The van der Waals surface area contributed by atoms with Gasteiger partial charge >= 0.3 is 5.69 Å². The van der Waals surface area contributed by atoms with Crippen LogP contribution in [0.3, 0.4) is 0 Å². The number of nitrogens with zero attached hydrogens (tertiary/aromatic N) is 5. The van der Waals surface area contributed by atoms with Crippen LogP contribution >= 0.6 is 0 Å². The SMILES string of the molecule is Cc1noc(C)c1-c1cc2ncc3c(c2cc1OC[C@H]1CCNC1)n(C(C)c1ccccn1)c(=O)n3C. The van der Waals surface area contributed by atoms with Crippen molar-refractivity contribution in [2.75, 3.05) is 19.7 Å². The minimum absolute atomic E-state index is 0.114. The number of rotatable bonds is 6. The van der Waals surface area contributed by atoms with Gasteiger partial charge in [0.05, 0.1) is 52.3 Å². The highest BCUT2D eigenvalue weighted by Crippen LogP contribution is 2.39. The molecule has 0 amide bonds. The maximum Gasteiger partial charge on any atom is 0.329 e. The normalized spacial score (nSPS) is 16.6. The number of nitrogens with one attached hydrogen (secondary N) is 1. The van der Waals surface area contributed by atoms with Gasteiger partial charge in [0.15, 0.2) is 0 Å². The maximum absolute atomic E-state index is 13.5. The Morgan fingerprint density at radius 2 is 2.11 bits per heavy atom. The van der Waals surface area contributed by atoms with E-state index in [1.54, 1.807) is 24.0 Å². The summed E-state index contributed by atoms with van der Waals surface area (Å²) in [4.78, 5) is 22.8. The number of pyridine rings is 2. The Balaban J connectivity index is 1.60.